The number of rotatable bonds is 4. The molecule has 5 nitrogen and oxygen atoms in total. The number of nitrogens with zero attached hydrogens (tertiary/aromatic N) is 1. The molecule has 3 heterocycles. The van der Waals surface area contributed by atoms with E-state index in [1.165, 1.54) is 23.9 Å². The third-order valence-electron chi connectivity index (χ3n) is 5.53. The summed E-state index contributed by atoms with van der Waals surface area (Å²) in [5, 5.41) is 4.19. The second-order valence-electron chi connectivity index (χ2n) is 7.34. The summed E-state index contributed by atoms with van der Waals surface area (Å²) in [5.41, 5.74) is 5.08. The molecule has 0 saturated carbocycles. The van der Waals surface area contributed by atoms with Crippen molar-refractivity contribution in [3.63, 3.8) is 0 Å². The van der Waals surface area contributed by atoms with Crippen molar-refractivity contribution in [3.05, 3.63) is 93.2 Å². The first-order chi connectivity index (χ1) is 14.6. The molecule has 0 fully saturated rings. The molecular weight excluding hydrogens is 383 g/mol. The lowest BCUT2D eigenvalue weighted by Gasteiger charge is -2.12. The Kier molecular flexibility index (Phi) is 4.47. The van der Waals surface area contributed by atoms with E-state index in [1.54, 1.807) is 12.1 Å². The largest absolute Gasteiger partial charge is 0.436 e. The molecule has 0 bridgehead atoms. The summed E-state index contributed by atoms with van der Waals surface area (Å²) in [7, 11) is 0. The topological polar surface area (TPSA) is 64.4 Å². The van der Waals surface area contributed by atoms with Crippen molar-refractivity contribution in [3.8, 4) is 11.6 Å². The zero-order valence-corrected chi connectivity index (χ0v) is 16.4. The van der Waals surface area contributed by atoms with E-state index in [0.717, 1.165) is 35.2 Å². The molecule has 0 spiro atoms. The lowest BCUT2D eigenvalue weighted by atomic mass is 9.95. The number of ether oxygens (including phenoxy) is 1. The molecule has 150 valence electrons. The second-order valence-corrected chi connectivity index (χ2v) is 7.34. The van der Waals surface area contributed by atoms with E-state index < -0.39 is 5.82 Å². The summed E-state index contributed by atoms with van der Waals surface area (Å²) in [6.07, 6.45) is 2.92. The number of hydrogen-bond donors (Lipinski definition) is 1. The monoisotopic (exact) mass is 402 g/mol. The maximum Gasteiger partial charge on any atom is 0.340 e. The number of benzene rings is 2. The summed E-state index contributed by atoms with van der Waals surface area (Å²) in [5.74, 6) is -0.336. The first-order valence-corrected chi connectivity index (χ1v) is 9.79. The van der Waals surface area contributed by atoms with Gasteiger partial charge in [0, 0.05) is 41.9 Å². The second kappa shape index (κ2) is 7.30. The number of nitrogens with one attached hydrogen (secondary N) is 1. The van der Waals surface area contributed by atoms with Crippen LogP contribution in [0.5, 0.6) is 11.6 Å². The van der Waals surface area contributed by atoms with Crippen LogP contribution in [0.15, 0.2) is 63.9 Å². The average Bonchev–Trinajstić information content (AvgIpc) is 3.22. The van der Waals surface area contributed by atoms with Crippen LogP contribution in [0.4, 0.5) is 10.1 Å². The Balaban J connectivity index is 1.52. The van der Waals surface area contributed by atoms with E-state index in [9.17, 15) is 9.18 Å². The Morgan fingerprint density at radius 3 is 2.97 bits per heavy atom. The van der Waals surface area contributed by atoms with Crippen LogP contribution in [-0.4, -0.2) is 11.5 Å². The Hall–Kier alpha value is -3.67. The van der Waals surface area contributed by atoms with Crippen LogP contribution in [0, 0.1) is 12.7 Å². The molecule has 0 unspecified atom stereocenters. The predicted octanol–water partition coefficient (Wildman–Crippen LogP) is 4.99. The third kappa shape index (κ3) is 3.20. The number of halogens is 1. The smallest absolute Gasteiger partial charge is 0.340 e. The summed E-state index contributed by atoms with van der Waals surface area (Å²) in [4.78, 5) is 16.7. The number of aromatic nitrogens is 1. The van der Waals surface area contributed by atoms with Crippen LogP contribution < -0.4 is 15.7 Å². The maximum absolute atomic E-state index is 13.8. The van der Waals surface area contributed by atoms with Crippen molar-refractivity contribution < 1.29 is 13.5 Å². The molecule has 0 atom stereocenters. The zero-order chi connectivity index (χ0) is 20.7. The summed E-state index contributed by atoms with van der Waals surface area (Å²) >= 11 is 0. The van der Waals surface area contributed by atoms with Gasteiger partial charge in [0.2, 0.25) is 0 Å². The minimum atomic E-state index is -0.560. The minimum Gasteiger partial charge on any atom is -0.436 e. The number of pyridine rings is 1. The molecule has 6 heteroatoms. The molecule has 1 aliphatic heterocycles. The first-order valence-electron chi connectivity index (χ1n) is 9.79. The van der Waals surface area contributed by atoms with Gasteiger partial charge in [-0.1, -0.05) is 12.1 Å². The van der Waals surface area contributed by atoms with Gasteiger partial charge in [-0.15, -0.1) is 0 Å². The van der Waals surface area contributed by atoms with E-state index >= 15 is 0 Å². The SMILES string of the molecule is Cc1c(Cc2cccc3c2CCN3)c(=O)oc2cc(Oc3ncccc3F)ccc12. The maximum atomic E-state index is 13.8. The van der Waals surface area contributed by atoms with Crippen molar-refractivity contribution in [2.75, 3.05) is 11.9 Å². The van der Waals surface area contributed by atoms with Crippen LogP contribution in [-0.2, 0) is 12.8 Å². The van der Waals surface area contributed by atoms with Crippen molar-refractivity contribution in [2.24, 2.45) is 0 Å². The van der Waals surface area contributed by atoms with Gasteiger partial charge in [0.15, 0.2) is 5.82 Å². The molecule has 1 aliphatic rings. The molecule has 30 heavy (non-hydrogen) atoms. The molecule has 2 aromatic heterocycles. The van der Waals surface area contributed by atoms with Gasteiger partial charge in [-0.2, -0.15) is 0 Å². The number of hydrogen-bond acceptors (Lipinski definition) is 5. The van der Waals surface area contributed by atoms with Crippen LogP contribution in [0.1, 0.15) is 22.3 Å². The van der Waals surface area contributed by atoms with E-state index in [-0.39, 0.29) is 11.5 Å². The lowest BCUT2D eigenvalue weighted by molar-refractivity contribution is 0.422. The van der Waals surface area contributed by atoms with Crippen molar-refractivity contribution in [1.82, 2.24) is 4.98 Å². The van der Waals surface area contributed by atoms with Gasteiger partial charge in [-0.3, -0.25) is 0 Å². The van der Waals surface area contributed by atoms with Crippen LogP contribution in [0.2, 0.25) is 0 Å². The molecule has 5 rings (SSSR count). The fourth-order valence-electron chi connectivity index (χ4n) is 3.97. The Bertz CT molecular complexity index is 1330. The van der Waals surface area contributed by atoms with E-state index in [1.807, 2.05) is 19.1 Å². The average molecular weight is 402 g/mol. The molecule has 4 aromatic rings. The predicted molar refractivity (Wildman–Crippen MR) is 113 cm³/mol. The number of aryl methyl sites for hydroxylation is 1. The first kappa shape index (κ1) is 18.4. The summed E-state index contributed by atoms with van der Waals surface area (Å²) < 4.78 is 24.9. The van der Waals surface area contributed by atoms with Gasteiger partial charge >= 0.3 is 5.63 Å². The van der Waals surface area contributed by atoms with Crippen LogP contribution in [0.3, 0.4) is 0 Å². The fraction of sp³-hybridized carbons (Fsp3) is 0.167. The highest BCUT2D eigenvalue weighted by Gasteiger charge is 2.18. The van der Waals surface area contributed by atoms with Gasteiger partial charge < -0.3 is 14.5 Å². The van der Waals surface area contributed by atoms with Gasteiger partial charge in [0.05, 0.1) is 0 Å². The molecule has 0 aliphatic carbocycles. The Morgan fingerprint density at radius 2 is 2.10 bits per heavy atom. The normalized spacial score (nSPS) is 12.6. The standard InChI is InChI=1S/C24H19FN2O3/c1-14-17-8-7-16(29-23-20(25)5-3-10-27-23)13-22(17)30-24(28)19(14)12-15-4-2-6-21-18(15)9-11-26-21/h2-8,10,13,26H,9,11-12H2,1H3. The molecule has 0 saturated heterocycles. The Labute approximate surface area is 172 Å². The van der Waals surface area contributed by atoms with Gasteiger partial charge in [-0.25, -0.2) is 14.2 Å². The molecule has 0 amide bonds. The van der Waals surface area contributed by atoms with Crippen LogP contribution >= 0.6 is 0 Å². The van der Waals surface area contributed by atoms with Crippen molar-refractivity contribution in [2.45, 2.75) is 19.8 Å². The molecule has 2 aromatic carbocycles. The third-order valence-corrected chi connectivity index (χ3v) is 5.53. The molecule has 0 radical (unpaired) electrons. The van der Waals surface area contributed by atoms with Crippen LogP contribution in [0.25, 0.3) is 11.0 Å². The highest BCUT2D eigenvalue weighted by Crippen LogP contribution is 2.30. The highest BCUT2D eigenvalue weighted by molar-refractivity contribution is 5.82. The fourth-order valence-corrected chi connectivity index (χ4v) is 3.97. The molecular formula is C24H19FN2O3. The Morgan fingerprint density at radius 1 is 1.20 bits per heavy atom. The van der Waals surface area contributed by atoms with E-state index in [0.29, 0.717) is 23.3 Å². The van der Waals surface area contributed by atoms with Gasteiger partial charge in [-0.05, 0) is 60.4 Å². The summed E-state index contributed by atoms with van der Waals surface area (Å²) in [6, 6.07) is 14.0. The van der Waals surface area contributed by atoms with Crippen molar-refractivity contribution >= 4 is 16.7 Å². The molecule has 1 N–H and O–H groups in total. The zero-order valence-electron chi connectivity index (χ0n) is 16.4. The summed E-state index contributed by atoms with van der Waals surface area (Å²) in [6.45, 7) is 2.84. The quantitative estimate of drug-likeness (QED) is 0.488. The highest BCUT2D eigenvalue weighted by atomic mass is 19.1. The van der Waals surface area contributed by atoms with Gasteiger partial charge in [0.1, 0.15) is 11.3 Å². The van der Waals surface area contributed by atoms with E-state index in [2.05, 4.69) is 22.4 Å². The van der Waals surface area contributed by atoms with Crippen molar-refractivity contribution in [1.29, 1.82) is 0 Å². The van der Waals surface area contributed by atoms with E-state index in [4.69, 9.17) is 9.15 Å². The van der Waals surface area contributed by atoms with Gasteiger partial charge in [0.25, 0.3) is 5.88 Å². The lowest BCUT2D eigenvalue weighted by Crippen LogP contribution is -2.11. The number of fused-ring (bicyclic) bond motifs is 2. The minimum absolute atomic E-state index is 0.126. The number of anilines is 1.